The molecule has 1 spiro atoms. The van der Waals surface area contributed by atoms with Gasteiger partial charge in [0, 0.05) is 18.0 Å². The Morgan fingerprint density at radius 2 is 2.15 bits per heavy atom. The van der Waals surface area contributed by atoms with Gasteiger partial charge in [-0.2, -0.15) is 0 Å². The highest BCUT2D eigenvalue weighted by Crippen LogP contribution is 2.55. The molecule has 1 aliphatic carbocycles. The monoisotopic (exact) mass is 334 g/mol. The Morgan fingerprint density at radius 1 is 1.40 bits per heavy atom. The van der Waals surface area contributed by atoms with E-state index in [9.17, 15) is 9.18 Å². The lowest BCUT2D eigenvalue weighted by atomic mass is 9.64. The molecular formula is C15H12BrFN2O. The number of carbonyl (C=O) groups excluding carboxylic acids is 1. The molecule has 20 heavy (non-hydrogen) atoms. The van der Waals surface area contributed by atoms with E-state index in [4.69, 9.17) is 0 Å². The SMILES string of the molecule is CN1C(=O)C2(CCC2)c2c1cnc1ccc(Br)c(F)c21. The van der Waals surface area contributed by atoms with Gasteiger partial charge in [-0.15, -0.1) is 0 Å². The van der Waals surface area contributed by atoms with Crippen LogP contribution in [0.5, 0.6) is 0 Å². The highest BCUT2D eigenvalue weighted by molar-refractivity contribution is 9.10. The van der Waals surface area contributed by atoms with Gasteiger partial charge in [-0.1, -0.05) is 6.42 Å². The maximum atomic E-state index is 14.6. The van der Waals surface area contributed by atoms with Gasteiger partial charge in [0.25, 0.3) is 0 Å². The fourth-order valence-corrected chi connectivity index (χ4v) is 3.81. The summed E-state index contributed by atoms with van der Waals surface area (Å²) in [6.07, 6.45) is 4.30. The summed E-state index contributed by atoms with van der Waals surface area (Å²) < 4.78 is 15.0. The van der Waals surface area contributed by atoms with E-state index in [2.05, 4.69) is 20.9 Å². The minimum atomic E-state index is -0.521. The average molecular weight is 335 g/mol. The summed E-state index contributed by atoms with van der Waals surface area (Å²) in [5.41, 5.74) is 1.67. The van der Waals surface area contributed by atoms with Crippen LogP contribution in [0.3, 0.4) is 0 Å². The molecule has 1 fully saturated rings. The molecule has 1 amide bonds. The van der Waals surface area contributed by atoms with Crippen molar-refractivity contribution in [2.75, 3.05) is 11.9 Å². The molecular weight excluding hydrogens is 323 g/mol. The van der Waals surface area contributed by atoms with E-state index in [-0.39, 0.29) is 11.7 Å². The van der Waals surface area contributed by atoms with E-state index in [1.165, 1.54) is 0 Å². The number of fused-ring (bicyclic) bond motifs is 4. The first-order valence-corrected chi connectivity index (χ1v) is 7.41. The standard InChI is InChI=1S/C15H12BrFN2O/c1-19-10-7-18-9-4-3-8(16)13(17)11(9)12(10)15(14(19)20)5-2-6-15/h3-4,7H,2,5-6H2,1H3. The van der Waals surface area contributed by atoms with Crippen molar-refractivity contribution in [2.45, 2.75) is 24.7 Å². The van der Waals surface area contributed by atoms with Crippen LogP contribution in [0, 0.1) is 5.82 Å². The van der Waals surface area contributed by atoms with Crippen molar-refractivity contribution in [1.29, 1.82) is 0 Å². The van der Waals surface area contributed by atoms with E-state index in [1.54, 1.807) is 30.3 Å². The largest absolute Gasteiger partial charge is 0.313 e. The van der Waals surface area contributed by atoms with Gasteiger partial charge in [0.15, 0.2) is 0 Å². The fraction of sp³-hybridized carbons (Fsp3) is 0.333. The van der Waals surface area contributed by atoms with Crippen molar-refractivity contribution in [1.82, 2.24) is 4.98 Å². The number of rotatable bonds is 0. The van der Waals surface area contributed by atoms with Gasteiger partial charge < -0.3 is 4.90 Å². The van der Waals surface area contributed by atoms with Crippen LogP contribution < -0.4 is 4.90 Å². The molecule has 0 bridgehead atoms. The zero-order valence-corrected chi connectivity index (χ0v) is 12.5. The zero-order chi connectivity index (χ0) is 14.1. The number of hydrogen-bond acceptors (Lipinski definition) is 2. The molecule has 5 heteroatoms. The van der Waals surface area contributed by atoms with Crippen molar-refractivity contribution in [3.63, 3.8) is 0 Å². The number of benzene rings is 1. The molecule has 2 heterocycles. The third-order valence-corrected chi connectivity index (χ3v) is 5.28. The first-order valence-electron chi connectivity index (χ1n) is 6.61. The lowest BCUT2D eigenvalue weighted by molar-refractivity contribution is -0.125. The summed E-state index contributed by atoms with van der Waals surface area (Å²) in [6, 6.07) is 3.45. The molecule has 1 aromatic heterocycles. The summed E-state index contributed by atoms with van der Waals surface area (Å²) in [6.45, 7) is 0. The summed E-state index contributed by atoms with van der Waals surface area (Å²) in [5, 5.41) is 0.495. The number of carbonyl (C=O) groups is 1. The maximum absolute atomic E-state index is 14.6. The number of anilines is 1. The van der Waals surface area contributed by atoms with Gasteiger partial charge in [0.2, 0.25) is 5.91 Å². The van der Waals surface area contributed by atoms with Gasteiger partial charge in [-0.05, 0) is 40.9 Å². The van der Waals surface area contributed by atoms with Crippen LogP contribution in [0.15, 0.2) is 22.8 Å². The van der Waals surface area contributed by atoms with Gasteiger partial charge in [0.05, 0.1) is 27.3 Å². The number of pyridine rings is 1. The molecule has 4 rings (SSSR count). The van der Waals surface area contributed by atoms with Gasteiger partial charge >= 0.3 is 0 Å². The molecule has 3 nitrogen and oxygen atoms in total. The highest BCUT2D eigenvalue weighted by atomic mass is 79.9. The Morgan fingerprint density at radius 3 is 2.80 bits per heavy atom. The second kappa shape index (κ2) is 3.79. The molecule has 0 N–H and O–H groups in total. The zero-order valence-electron chi connectivity index (χ0n) is 10.9. The van der Waals surface area contributed by atoms with E-state index < -0.39 is 5.41 Å². The minimum Gasteiger partial charge on any atom is -0.313 e. The maximum Gasteiger partial charge on any atom is 0.237 e. The van der Waals surface area contributed by atoms with Crippen molar-refractivity contribution in [3.8, 4) is 0 Å². The Labute approximate surface area is 123 Å². The minimum absolute atomic E-state index is 0.0763. The fourth-order valence-electron chi connectivity index (χ4n) is 3.48. The van der Waals surface area contributed by atoms with Crippen LogP contribution in [-0.4, -0.2) is 17.9 Å². The predicted octanol–water partition coefficient (Wildman–Crippen LogP) is 3.53. The van der Waals surface area contributed by atoms with Crippen LogP contribution >= 0.6 is 15.9 Å². The highest BCUT2D eigenvalue weighted by Gasteiger charge is 2.54. The average Bonchev–Trinajstić information content (AvgIpc) is 2.63. The van der Waals surface area contributed by atoms with Gasteiger partial charge in [-0.25, -0.2) is 4.39 Å². The molecule has 0 saturated heterocycles. The Bertz CT molecular complexity index is 770. The summed E-state index contributed by atoms with van der Waals surface area (Å²) >= 11 is 3.23. The lowest BCUT2D eigenvalue weighted by Gasteiger charge is -2.37. The van der Waals surface area contributed by atoms with Crippen LogP contribution in [-0.2, 0) is 10.2 Å². The van der Waals surface area contributed by atoms with E-state index >= 15 is 0 Å². The van der Waals surface area contributed by atoms with E-state index in [0.717, 1.165) is 30.5 Å². The summed E-state index contributed by atoms with van der Waals surface area (Å²) in [4.78, 5) is 18.5. The molecule has 2 aliphatic rings. The molecule has 1 aliphatic heterocycles. The molecule has 0 unspecified atom stereocenters. The van der Waals surface area contributed by atoms with Crippen LogP contribution in [0.2, 0.25) is 0 Å². The Balaban J connectivity index is 2.17. The number of amides is 1. The molecule has 1 saturated carbocycles. The number of halogens is 2. The van der Waals surface area contributed by atoms with Crippen LogP contribution in [0.25, 0.3) is 10.9 Å². The van der Waals surface area contributed by atoms with Gasteiger partial charge in [-0.3, -0.25) is 9.78 Å². The normalized spacial score (nSPS) is 19.6. The third kappa shape index (κ3) is 1.24. The first-order chi connectivity index (χ1) is 9.56. The van der Waals surface area contributed by atoms with Gasteiger partial charge in [0.1, 0.15) is 5.82 Å². The Hall–Kier alpha value is -1.49. The van der Waals surface area contributed by atoms with E-state index in [1.807, 2.05) is 0 Å². The van der Waals surface area contributed by atoms with Crippen molar-refractivity contribution >= 4 is 38.4 Å². The number of hydrogen-bond donors (Lipinski definition) is 0. The quantitative estimate of drug-likeness (QED) is 0.738. The van der Waals surface area contributed by atoms with Crippen molar-refractivity contribution in [2.24, 2.45) is 0 Å². The molecule has 0 atom stereocenters. The lowest BCUT2D eigenvalue weighted by Crippen LogP contribution is -2.44. The second-order valence-electron chi connectivity index (χ2n) is 5.57. The number of aromatic nitrogens is 1. The van der Waals surface area contributed by atoms with E-state index in [0.29, 0.717) is 15.4 Å². The number of likely N-dealkylation sites (N-methyl/N-ethyl adjacent to an activating group) is 1. The third-order valence-electron chi connectivity index (χ3n) is 4.67. The topological polar surface area (TPSA) is 33.2 Å². The second-order valence-corrected chi connectivity index (χ2v) is 6.43. The molecule has 2 aromatic rings. The van der Waals surface area contributed by atoms with Crippen molar-refractivity contribution in [3.05, 3.63) is 34.2 Å². The smallest absolute Gasteiger partial charge is 0.237 e. The number of nitrogens with zero attached hydrogens (tertiary/aromatic N) is 2. The predicted molar refractivity (Wildman–Crippen MR) is 78.3 cm³/mol. The molecule has 1 aromatic carbocycles. The Kier molecular flexibility index (Phi) is 2.32. The summed E-state index contributed by atoms with van der Waals surface area (Å²) in [7, 11) is 1.75. The summed E-state index contributed by atoms with van der Waals surface area (Å²) in [5.74, 6) is -0.242. The first kappa shape index (κ1) is 12.3. The molecule has 102 valence electrons. The van der Waals surface area contributed by atoms with Crippen LogP contribution in [0.4, 0.5) is 10.1 Å². The molecule has 0 radical (unpaired) electrons. The van der Waals surface area contributed by atoms with Crippen molar-refractivity contribution < 1.29 is 9.18 Å². The van der Waals surface area contributed by atoms with Crippen LogP contribution in [0.1, 0.15) is 24.8 Å².